The maximum atomic E-state index is 10.9. The average molecular weight is 343 g/mol. The first-order valence-electron chi connectivity index (χ1n) is 10.3. The van der Waals surface area contributed by atoms with Crippen molar-refractivity contribution in [2.24, 2.45) is 11.8 Å². The second-order valence-electron chi connectivity index (χ2n) is 7.31. The molecule has 1 saturated carbocycles. The number of carbonyl (C=O) groups excluding carboxylic acids is 1. The predicted octanol–water partition coefficient (Wildman–Crippen LogP) is 5.49. The summed E-state index contributed by atoms with van der Waals surface area (Å²) >= 11 is 0. The summed E-state index contributed by atoms with van der Waals surface area (Å²) in [5, 5.41) is 3.02. The second-order valence-corrected chi connectivity index (χ2v) is 7.31. The van der Waals surface area contributed by atoms with E-state index in [1.165, 1.54) is 44.9 Å². The van der Waals surface area contributed by atoms with Crippen LogP contribution in [-0.4, -0.2) is 38.0 Å². The van der Waals surface area contributed by atoms with Crippen molar-refractivity contribution in [3.8, 4) is 0 Å². The van der Waals surface area contributed by atoms with Crippen LogP contribution >= 0.6 is 0 Å². The van der Waals surface area contributed by atoms with Gasteiger partial charge in [0, 0.05) is 20.0 Å². The Morgan fingerprint density at radius 2 is 1.62 bits per heavy atom. The molecule has 1 atom stereocenters. The molecule has 0 aromatic carbocycles. The topological polar surface area (TPSA) is 32.3 Å². The summed E-state index contributed by atoms with van der Waals surface area (Å²) in [5.74, 6) is 1.97. The van der Waals surface area contributed by atoms with Crippen molar-refractivity contribution in [3.63, 3.8) is 0 Å². The van der Waals surface area contributed by atoms with E-state index in [0.717, 1.165) is 31.8 Å². The highest BCUT2D eigenvalue weighted by Crippen LogP contribution is 2.22. The van der Waals surface area contributed by atoms with Gasteiger partial charge in [0.1, 0.15) is 0 Å². The summed E-state index contributed by atoms with van der Waals surface area (Å²) in [6.07, 6.45) is 11.8. The smallest absolute Gasteiger partial charge is 0.222 e. The Balaban J connectivity index is 0. The molecular weight excluding hydrogens is 296 g/mol. The van der Waals surface area contributed by atoms with Gasteiger partial charge in [0.05, 0.1) is 0 Å². The van der Waals surface area contributed by atoms with E-state index in [1.54, 1.807) is 0 Å². The first-order chi connectivity index (χ1) is 11.5. The molecule has 146 valence electrons. The number of carbonyl (C=O) groups is 1. The molecule has 0 bridgehead atoms. The van der Waals surface area contributed by atoms with Crippen molar-refractivity contribution in [2.75, 3.05) is 27.2 Å². The van der Waals surface area contributed by atoms with Gasteiger partial charge in [-0.15, -0.1) is 0 Å². The SMILES string of the molecule is CC1CCCCC1.CCC.CCC1CC(=O)N(C)C1.CCCNC. The fraction of sp³-hybridized carbons (Fsp3) is 0.952. The van der Waals surface area contributed by atoms with E-state index in [9.17, 15) is 4.79 Å². The Hall–Kier alpha value is -0.570. The van der Waals surface area contributed by atoms with Crippen LogP contribution in [0.2, 0.25) is 0 Å². The van der Waals surface area contributed by atoms with Gasteiger partial charge in [-0.2, -0.15) is 0 Å². The summed E-state index contributed by atoms with van der Waals surface area (Å²) in [6.45, 7) is 13.0. The molecule has 1 saturated heterocycles. The van der Waals surface area contributed by atoms with E-state index >= 15 is 0 Å². The van der Waals surface area contributed by atoms with E-state index in [-0.39, 0.29) is 0 Å². The molecule has 1 aliphatic carbocycles. The predicted molar refractivity (Wildman–Crippen MR) is 108 cm³/mol. The third-order valence-corrected chi connectivity index (χ3v) is 4.39. The number of nitrogens with zero attached hydrogens (tertiary/aromatic N) is 1. The zero-order valence-electron chi connectivity index (χ0n) is 17.8. The highest BCUT2D eigenvalue weighted by Gasteiger charge is 2.24. The Morgan fingerprint density at radius 3 is 1.79 bits per heavy atom. The highest BCUT2D eigenvalue weighted by atomic mass is 16.2. The van der Waals surface area contributed by atoms with Gasteiger partial charge in [-0.3, -0.25) is 4.79 Å². The number of nitrogens with one attached hydrogen (secondary N) is 1. The molecule has 0 aromatic heterocycles. The highest BCUT2D eigenvalue weighted by molar-refractivity contribution is 5.78. The van der Waals surface area contributed by atoms with Crippen LogP contribution in [0.1, 0.15) is 92.4 Å². The molecular formula is C21H46N2O. The minimum Gasteiger partial charge on any atom is -0.345 e. The van der Waals surface area contributed by atoms with Crippen LogP contribution in [0.3, 0.4) is 0 Å². The second kappa shape index (κ2) is 18.8. The summed E-state index contributed by atoms with van der Waals surface area (Å²) < 4.78 is 0. The van der Waals surface area contributed by atoms with Gasteiger partial charge < -0.3 is 10.2 Å². The summed E-state index contributed by atoms with van der Waals surface area (Å²) in [5.41, 5.74) is 0. The van der Waals surface area contributed by atoms with Crippen molar-refractivity contribution in [1.29, 1.82) is 0 Å². The zero-order valence-corrected chi connectivity index (χ0v) is 17.8. The van der Waals surface area contributed by atoms with Gasteiger partial charge in [-0.1, -0.05) is 79.6 Å². The van der Waals surface area contributed by atoms with Crippen LogP contribution in [0.15, 0.2) is 0 Å². The molecule has 1 heterocycles. The Kier molecular flexibility index (Phi) is 20.1. The number of likely N-dealkylation sites (tertiary alicyclic amines) is 1. The summed E-state index contributed by atoms with van der Waals surface area (Å²) in [4.78, 5) is 12.7. The molecule has 1 N–H and O–H groups in total. The molecule has 2 rings (SSSR count). The Bertz CT molecular complexity index is 261. The molecule has 2 aliphatic rings. The van der Waals surface area contributed by atoms with Crippen LogP contribution in [0.5, 0.6) is 0 Å². The van der Waals surface area contributed by atoms with Crippen molar-refractivity contribution >= 4 is 5.91 Å². The van der Waals surface area contributed by atoms with Gasteiger partial charge in [0.25, 0.3) is 0 Å². The van der Waals surface area contributed by atoms with Crippen LogP contribution < -0.4 is 5.32 Å². The third-order valence-electron chi connectivity index (χ3n) is 4.39. The van der Waals surface area contributed by atoms with Gasteiger partial charge in [0.15, 0.2) is 0 Å². The first-order valence-corrected chi connectivity index (χ1v) is 10.3. The van der Waals surface area contributed by atoms with Crippen LogP contribution in [-0.2, 0) is 4.79 Å². The number of hydrogen-bond acceptors (Lipinski definition) is 2. The molecule has 0 aromatic rings. The van der Waals surface area contributed by atoms with Gasteiger partial charge in [-0.25, -0.2) is 0 Å². The molecule has 24 heavy (non-hydrogen) atoms. The van der Waals surface area contributed by atoms with E-state index in [0.29, 0.717) is 11.8 Å². The van der Waals surface area contributed by atoms with Crippen LogP contribution in [0.25, 0.3) is 0 Å². The van der Waals surface area contributed by atoms with E-state index in [4.69, 9.17) is 0 Å². The van der Waals surface area contributed by atoms with Crippen molar-refractivity contribution < 1.29 is 4.79 Å². The maximum absolute atomic E-state index is 10.9. The molecule has 3 nitrogen and oxygen atoms in total. The van der Waals surface area contributed by atoms with E-state index in [1.807, 2.05) is 19.0 Å². The first kappa shape index (κ1) is 25.7. The summed E-state index contributed by atoms with van der Waals surface area (Å²) in [7, 11) is 3.83. The average Bonchev–Trinajstić information content (AvgIpc) is 2.89. The fourth-order valence-electron chi connectivity index (χ4n) is 2.79. The monoisotopic (exact) mass is 342 g/mol. The Morgan fingerprint density at radius 1 is 1.08 bits per heavy atom. The Labute approximate surface area is 153 Å². The van der Waals surface area contributed by atoms with Crippen molar-refractivity contribution in [1.82, 2.24) is 10.2 Å². The number of hydrogen-bond donors (Lipinski definition) is 1. The standard InChI is InChI=1S/C7H13NO.C7H14.C4H11N.C3H8/c1-3-6-4-7(9)8(2)5-6;1-7-5-3-2-4-6-7;1-3-4-5-2;1-3-2/h6H,3-5H2,1-2H3;7H,2-6H2,1H3;5H,3-4H2,1-2H3;3H2,1-2H3. The normalized spacial score (nSPS) is 20.2. The van der Waals surface area contributed by atoms with Crippen LogP contribution in [0.4, 0.5) is 0 Å². The minimum absolute atomic E-state index is 0.307. The molecule has 1 amide bonds. The molecule has 1 unspecified atom stereocenters. The lowest BCUT2D eigenvalue weighted by molar-refractivity contribution is -0.126. The lowest BCUT2D eigenvalue weighted by Gasteiger charge is -2.15. The number of amides is 1. The van der Waals surface area contributed by atoms with Crippen molar-refractivity contribution in [3.05, 3.63) is 0 Å². The van der Waals surface area contributed by atoms with Gasteiger partial charge in [0.2, 0.25) is 5.91 Å². The lowest BCUT2D eigenvalue weighted by atomic mass is 9.91. The molecule has 1 aliphatic heterocycles. The molecule has 0 spiro atoms. The minimum atomic E-state index is 0.307. The van der Waals surface area contributed by atoms with E-state index in [2.05, 4.69) is 39.9 Å². The molecule has 3 heteroatoms. The van der Waals surface area contributed by atoms with Crippen LogP contribution in [0, 0.1) is 11.8 Å². The lowest BCUT2D eigenvalue weighted by Crippen LogP contribution is -2.18. The maximum Gasteiger partial charge on any atom is 0.222 e. The molecule has 2 fully saturated rings. The van der Waals surface area contributed by atoms with E-state index < -0.39 is 0 Å². The third kappa shape index (κ3) is 16.3. The zero-order chi connectivity index (χ0) is 18.8. The quantitative estimate of drug-likeness (QED) is 0.735. The largest absolute Gasteiger partial charge is 0.345 e. The van der Waals surface area contributed by atoms with Crippen molar-refractivity contribution in [2.45, 2.75) is 92.4 Å². The summed E-state index contributed by atoms with van der Waals surface area (Å²) in [6, 6.07) is 0. The molecule has 0 radical (unpaired) electrons. The van der Waals surface area contributed by atoms with Gasteiger partial charge >= 0.3 is 0 Å². The fourth-order valence-corrected chi connectivity index (χ4v) is 2.79. The number of rotatable bonds is 3. The van der Waals surface area contributed by atoms with Gasteiger partial charge in [-0.05, 0) is 31.8 Å².